The van der Waals surface area contributed by atoms with Crippen LogP contribution < -0.4 is 5.73 Å². The molecule has 0 aliphatic carbocycles. The van der Waals surface area contributed by atoms with Crippen LogP contribution in [0.4, 0.5) is 14.6 Å². The lowest BCUT2D eigenvalue weighted by Gasteiger charge is -2.04. The van der Waals surface area contributed by atoms with E-state index in [0.29, 0.717) is 21.6 Å². The summed E-state index contributed by atoms with van der Waals surface area (Å²) >= 11 is 1.08. The van der Waals surface area contributed by atoms with Gasteiger partial charge in [-0.05, 0) is 19.1 Å². The second-order valence-electron chi connectivity index (χ2n) is 3.36. The van der Waals surface area contributed by atoms with E-state index in [-0.39, 0.29) is 0 Å². The summed E-state index contributed by atoms with van der Waals surface area (Å²) in [4.78, 5) is 8.31. The van der Waals surface area contributed by atoms with Gasteiger partial charge in [-0.1, -0.05) is 11.8 Å². The Morgan fingerprint density at radius 2 is 1.94 bits per heavy atom. The van der Waals surface area contributed by atoms with Crippen molar-refractivity contribution in [1.29, 1.82) is 0 Å². The second kappa shape index (κ2) is 4.67. The maximum Gasteiger partial charge on any atom is 0.140 e. The minimum absolute atomic E-state index is 0.295. The fourth-order valence-corrected chi connectivity index (χ4v) is 2.16. The first-order valence-corrected chi connectivity index (χ1v) is 5.60. The molecule has 1 heterocycles. The van der Waals surface area contributed by atoms with Crippen molar-refractivity contribution in [3.05, 3.63) is 41.7 Å². The number of nitrogens with two attached hydrogens (primary N) is 1. The summed E-state index contributed by atoms with van der Waals surface area (Å²) < 4.78 is 26.1. The Morgan fingerprint density at radius 1 is 1.18 bits per heavy atom. The van der Waals surface area contributed by atoms with Gasteiger partial charge in [0, 0.05) is 17.0 Å². The first kappa shape index (κ1) is 11.8. The van der Waals surface area contributed by atoms with E-state index in [1.54, 1.807) is 13.0 Å². The molecule has 3 nitrogen and oxygen atoms in total. The van der Waals surface area contributed by atoms with Gasteiger partial charge >= 0.3 is 0 Å². The first-order valence-electron chi connectivity index (χ1n) is 4.78. The van der Waals surface area contributed by atoms with Crippen LogP contribution in [0.5, 0.6) is 0 Å². The number of nitrogens with zero attached hydrogens (tertiary/aromatic N) is 2. The minimum atomic E-state index is -0.621. The molecule has 2 N–H and O–H groups in total. The number of rotatable bonds is 2. The van der Waals surface area contributed by atoms with Gasteiger partial charge in [0.25, 0.3) is 0 Å². The van der Waals surface area contributed by atoms with Crippen molar-refractivity contribution in [2.24, 2.45) is 0 Å². The Labute approximate surface area is 101 Å². The molecular weight excluding hydrogens is 244 g/mol. The molecule has 0 bridgehead atoms. The van der Waals surface area contributed by atoms with E-state index in [2.05, 4.69) is 9.97 Å². The molecule has 0 spiro atoms. The molecule has 2 rings (SSSR count). The van der Waals surface area contributed by atoms with Crippen molar-refractivity contribution >= 4 is 17.6 Å². The highest BCUT2D eigenvalue weighted by Gasteiger charge is 2.07. The number of anilines is 1. The maximum absolute atomic E-state index is 13.4. The van der Waals surface area contributed by atoms with Crippen molar-refractivity contribution < 1.29 is 8.78 Å². The molecule has 0 aliphatic rings. The van der Waals surface area contributed by atoms with Crippen molar-refractivity contribution in [2.75, 3.05) is 5.73 Å². The molecule has 17 heavy (non-hydrogen) atoms. The highest BCUT2D eigenvalue weighted by Crippen LogP contribution is 2.29. The van der Waals surface area contributed by atoms with Crippen LogP contribution in [0.2, 0.25) is 0 Å². The summed E-state index contributed by atoms with van der Waals surface area (Å²) in [5, 5.41) is 0.528. The van der Waals surface area contributed by atoms with E-state index in [4.69, 9.17) is 5.73 Å². The van der Waals surface area contributed by atoms with Crippen LogP contribution in [0.3, 0.4) is 0 Å². The largest absolute Gasteiger partial charge is 0.384 e. The van der Waals surface area contributed by atoms with Crippen molar-refractivity contribution in [3.8, 4) is 0 Å². The molecular formula is C11H9F2N3S. The summed E-state index contributed by atoms with van der Waals surface area (Å²) in [5.74, 6) is -0.396. The quantitative estimate of drug-likeness (QED) is 0.836. The molecule has 0 atom stereocenters. The van der Waals surface area contributed by atoms with Crippen LogP contribution in [0.1, 0.15) is 5.82 Å². The van der Waals surface area contributed by atoms with Gasteiger partial charge in [0.1, 0.15) is 28.3 Å². The zero-order valence-electron chi connectivity index (χ0n) is 8.95. The van der Waals surface area contributed by atoms with Gasteiger partial charge < -0.3 is 5.73 Å². The molecule has 6 heteroatoms. The molecule has 0 saturated heterocycles. The average molecular weight is 253 g/mol. The third-order valence-electron chi connectivity index (χ3n) is 1.94. The maximum atomic E-state index is 13.4. The van der Waals surface area contributed by atoms with Gasteiger partial charge in [-0.3, -0.25) is 0 Å². The van der Waals surface area contributed by atoms with Gasteiger partial charge in [-0.15, -0.1) is 0 Å². The highest BCUT2D eigenvalue weighted by atomic mass is 32.2. The summed E-state index contributed by atoms with van der Waals surface area (Å²) in [6.45, 7) is 1.70. The number of halogens is 2. The van der Waals surface area contributed by atoms with Gasteiger partial charge in [-0.25, -0.2) is 18.7 Å². The lowest BCUT2D eigenvalue weighted by molar-refractivity contribution is 0.565. The SMILES string of the molecule is Cc1nc(N)cc(Sc2ccc(F)cc2F)n1. The van der Waals surface area contributed by atoms with E-state index < -0.39 is 11.6 Å². The Kier molecular flexibility index (Phi) is 3.23. The van der Waals surface area contributed by atoms with E-state index in [9.17, 15) is 8.78 Å². The lowest BCUT2D eigenvalue weighted by Crippen LogP contribution is -1.96. The van der Waals surface area contributed by atoms with Gasteiger partial charge in [0.2, 0.25) is 0 Å². The fraction of sp³-hybridized carbons (Fsp3) is 0.0909. The third-order valence-corrected chi connectivity index (χ3v) is 2.91. The van der Waals surface area contributed by atoms with Crippen LogP contribution in [0, 0.1) is 18.6 Å². The van der Waals surface area contributed by atoms with E-state index in [1.807, 2.05) is 0 Å². The smallest absolute Gasteiger partial charge is 0.140 e. The van der Waals surface area contributed by atoms with Crippen molar-refractivity contribution in [1.82, 2.24) is 9.97 Å². The molecule has 0 fully saturated rings. The minimum Gasteiger partial charge on any atom is -0.384 e. The fourth-order valence-electron chi connectivity index (χ4n) is 1.29. The molecule has 2 aromatic rings. The van der Waals surface area contributed by atoms with Crippen molar-refractivity contribution in [2.45, 2.75) is 16.8 Å². The summed E-state index contributed by atoms with van der Waals surface area (Å²) in [6.07, 6.45) is 0. The number of nitrogen functional groups attached to an aromatic ring is 1. The van der Waals surface area contributed by atoms with E-state index in [1.165, 1.54) is 12.1 Å². The Morgan fingerprint density at radius 3 is 2.59 bits per heavy atom. The summed E-state index contributed by atoms with van der Waals surface area (Å²) in [5.41, 5.74) is 5.56. The Balaban J connectivity index is 2.31. The number of hydrogen-bond acceptors (Lipinski definition) is 4. The number of benzene rings is 1. The molecule has 0 saturated carbocycles. The van der Waals surface area contributed by atoms with Crippen LogP contribution in [0.25, 0.3) is 0 Å². The second-order valence-corrected chi connectivity index (χ2v) is 4.42. The summed E-state index contributed by atoms with van der Waals surface area (Å²) in [7, 11) is 0. The third kappa shape index (κ3) is 2.91. The lowest BCUT2D eigenvalue weighted by atomic mass is 10.3. The highest BCUT2D eigenvalue weighted by molar-refractivity contribution is 7.99. The van der Waals surface area contributed by atoms with E-state index in [0.717, 1.165) is 17.8 Å². The van der Waals surface area contributed by atoms with Crippen molar-refractivity contribution in [3.63, 3.8) is 0 Å². The molecule has 1 aromatic heterocycles. The van der Waals surface area contributed by atoms with Crippen LogP contribution in [-0.2, 0) is 0 Å². The molecule has 0 unspecified atom stereocenters. The molecule has 0 amide bonds. The zero-order valence-corrected chi connectivity index (χ0v) is 9.76. The van der Waals surface area contributed by atoms with Gasteiger partial charge in [-0.2, -0.15) is 0 Å². The first-order chi connectivity index (χ1) is 8.04. The predicted octanol–water partition coefficient (Wildman–Crippen LogP) is 2.80. The molecule has 1 aromatic carbocycles. The van der Waals surface area contributed by atoms with Crippen LogP contribution >= 0.6 is 11.8 Å². The van der Waals surface area contributed by atoms with E-state index >= 15 is 0 Å². The molecule has 0 radical (unpaired) electrons. The monoisotopic (exact) mass is 253 g/mol. The summed E-state index contributed by atoms with van der Waals surface area (Å²) in [6, 6.07) is 4.94. The standard InChI is InChI=1S/C11H9F2N3S/c1-6-15-10(14)5-11(16-6)17-9-3-2-7(12)4-8(9)13/h2-5H,1H3,(H2,14,15,16). The molecule has 88 valence electrons. The zero-order chi connectivity index (χ0) is 12.4. The normalized spacial score (nSPS) is 10.5. The number of aryl methyl sites for hydroxylation is 1. The Hall–Kier alpha value is -1.69. The van der Waals surface area contributed by atoms with Crippen LogP contribution in [0.15, 0.2) is 34.2 Å². The van der Waals surface area contributed by atoms with Gasteiger partial charge in [0.05, 0.1) is 0 Å². The number of hydrogen-bond donors (Lipinski definition) is 1. The molecule has 0 aliphatic heterocycles. The van der Waals surface area contributed by atoms with Crippen LogP contribution in [-0.4, -0.2) is 9.97 Å². The number of aromatic nitrogens is 2. The average Bonchev–Trinajstić information content (AvgIpc) is 2.21. The Bertz CT molecular complexity index is 540. The van der Waals surface area contributed by atoms with Gasteiger partial charge in [0.15, 0.2) is 0 Å². The predicted molar refractivity (Wildman–Crippen MR) is 61.7 cm³/mol. The topological polar surface area (TPSA) is 51.8 Å².